The van der Waals surface area contributed by atoms with Gasteiger partial charge < -0.3 is 15.2 Å². The Labute approximate surface area is 106 Å². The standard InChI is InChI=1S/C12H17N3O3/c1-3-12-6-17-9(7(12)2)10(18-12)15-5-4-8(13)14-11(15)16/h4-5,7,9-10H,3,6H2,1-2H3,(H2,13,14,16)/t7-,9+,10+,12-/m0/s1/i3D/t3?,7-,9+,10+,12-. The third-order valence-corrected chi connectivity index (χ3v) is 4.00. The van der Waals surface area contributed by atoms with Crippen molar-refractivity contribution in [3.05, 3.63) is 22.7 Å². The fourth-order valence-corrected chi connectivity index (χ4v) is 2.79. The predicted octanol–water partition coefficient (Wildman–Crippen LogP) is 0.538. The summed E-state index contributed by atoms with van der Waals surface area (Å²) < 4.78 is 21.1. The molecule has 5 atom stereocenters. The Balaban J connectivity index is 1.99. The van der Waals surface area contributed by atoms with Crippen LogP contribution in [0.2, 0.25) is 0 Å². The van der Waals surface area contributed by atoms with Gasteiger partial charge in [0, 0.05) is 13.5 Å². The van der Waals surface area contributed by atoms with Gasteiger partial charge in [0.05, 0.1) is 12.2 Å². The number of hydrogen-bond donors (Lipinski definition) is 1. The predicted molar refractivity (Wildman–Crippen MR) is 65.0 cm³/mol. The van der Waals surface area contributed by atoms with Crippen LogP contribution in [-0.4, -0.2) is 27.9 Å². The van der Waals surface area contributed by atoms with Gasteiger partial charge in [0.15, 0.2) is 6.23 Å². The summed E-state index contributed by atoms with van der Waals surface area (Å²) in [7, 11) is 0. The minimum absolute atomic E-state index is 0.0643. The molecule has 3 heterocycles. The van der Waals surface area contributed by atoms with Crippen LogP contribution in [0.1, 0.15) is 27.8 Å². The van der Waals surface area contributed by atoms with Gasteiger partial charge in [-0.3, -0.25) is 4.57 Å². The Hall–Kier alpha value is -1.40. The van der Waals surface area contributed by atoms with Crippen molar-refractivity contribution < 1.29 is 10.8 Å². The van der Waals surface area contributed by atoms with Gasteiger partial charge in [0.1, 0.15) is 11.9 Å². The average Bonchev–Trinajstić information content (AvgIpc) is 2.81. The minimum atomic E-state index is -0.643. The third kappa shape index (κ3) is 1.42. The summed E-state index contributed by atoms with van der Waals surface area (Å²) in [6.07, 6.45) is 0.386. The first-order chi connectivity index (χ1) is 8.95. The maximum absolute atomic E-state index is 11.9. The minimum Gasteiger partial charge on any atom is -0.383 e. The van der Waals surface area contributed by atoms with E-state index < -0.39 is 23.9 Å². The lowest BCUT2D eigenvalue weighted by atomic mass is 9.88. The van der Waals surface area contributed by atoms with Crippen molar-refractivity contribution in [3.63, 3.8) is 0 Å². The van der Waals surface area contributed by atoms with E-state index in [0.717, 1.165) is 0 Å². The summed E-state index contributed by atoms with van der Waals surface area (Å²) in [5.41, 5.74) is 4.38. The van der Waals surface area contributed by atoms with Crippen molar-refractivity contribution in [1.29, 1.82) is 0 Å². The van der Waals surface area contributed by atoms with E-state index in [4.69, 9.17) is 16.6 Å². The van der Waals surface area contributed by atoms with Crippen molar-refractivity contribution in [3.8, 4) is 0 Å². The van der Waals surface area contributed by atoms with Gasteiger partial charge in [0.25, 0.3) is 0 Å². The van der Waals surface area contributed by atoms with E-state index in [0.29, 0.717) is 6.61 Å². The number of ether oxygens (including phenoxy) is 2. The second-order valence-electron chi connectivity index (χ2n) is 4.86. The van der Waals surface area contributed by atoms with Crippen LogP contribution in [0.5, 0.6) is 0 Å². The molecule has 0 saturated carbocycles. The molecule has 6 nitrogen and oxygen atoms in total. The van der Waals surface area contributed by atoms with Crippen LogP contribution < -0.4 is 11.4 Å². The molecule has 0 aromatic carbocycles. The molecule has 2 N–H and O–H groups in total. The van der Waals surface area contributed by atoms with Crippen molar-refractivity contribution in [2.24, 2.45) is 5.92 Å². The fourth-order valence-electron chi connectivity index (χ4n) is 2.79. The Kier molecular flexibility index (Phi) is 2.22. The van der Waals surface area contributed by atoms with Crippen LogP contribution >= 0.6 is 0 Å². The van der Waals surface area contributed by atoms with Gasteiger partial charge in [0.2, 0.25) is 0 Å². The molecule has 0 radical (unpaired) electrons. The molecule has 98 valence electrons. The highest BCUT2D eigenvalue weighted by Crippen LogP contribution is 2.49. The van der Waals surface area contributed by atoms with E-state index in [9.17, 15) is 4.79 Å². The molecule has 1 aromatic heterocycles. The first-order valence-corrected chi connectivity index (χ1v) is 6.02. The number of aromatic nitrogens is 2. The molecule has 3 rings (SSSR count). The maximum atomic E-state index is 11.9. The normalized spacial score (nSPS) is 40.8. The molecule has 1 aromatic rings. The second-order valence-corrected chi connectivity index (χ2v) is 4.86. The summed E-state index contributed by atoms with van der Waals surface area (Å²) in [5.74, 6) is 0.247. The number of nitrogens with zero attached hydrogens (tertiary/aromatic N) is 2. The molecule has 0 spiro atoms. The first-order valence-electron chi connectivity index (χ1n) is 6.60. The molecule has 2 aliphatic heterocycles. The van der Waals surface area contributed by atoms with E-state index in [-0.39, 0.29) is 17.8 Å². The van der Waals surface area contributed by atoms with Crippen LogP contribution in [-0.2, 0) is 9.47 Å². The van der Waals surface area contributed by atoms with Gasteiger partial charge in [-0.2, -0.15) is 4.98 Å². The van der Waals surface area contributed by atoms with E-state index in [1.807, 2.05) is 6.92 Å². The second kappa shape index (κ2) is 3.80. The quantitative estimate of drug-likeness (QED) is 0.831. The highest BCUT2D eigenvalue weighted by atomic mass is 16.6. The van der Waals surface area contributed by atoms with Gasteiger partial charge in [-0.1, -0.05) is 13.8 Å². The lowest BCUT2D eigenvalue weighted by molar-refractivity contribution is -0.174. The molecule has 0 aliphatic carbocycles. The number of hydrogen-bond acceptors (Lipinski definition) is 5. The van der Waals surface area contributed by atoms with Crippen LogP contribution in [0, 0.1) is 5.92 Å². The molecule has 2 aliphatic rings. The summed E-state index contributed by atoms with van der Waals surface area (Å²) in [4.78, 5) is 15.6. The van der Waals surface area contributed by atoms with Crippen LogP contribution in [0.4, 0.5) is 5.82 Å². The molecule has 18 heavy (non-hydrogen) atoms. The third-order valence-electron chi connectivity index (χ3n) is 4.00. The number of anilines is 1. The molecule has 1 unspecified atom stereocenters. The smallest absolute Gasteiger partial charge is 0.351 e. The Morgan fingerprint density at radius 3 is 3.17 bits per heavy atom. The lowest BCUT2D eigenvalue weighted by Gasteiger charge is -2.30. The zero-order valence-electron chi connectivity index (χ0n) is 11.4. The summed E-state index contributed by atoms with van der Waals surface area (Å²) in [5, 5.41) is 0. The molecule has 0 amide bonds. The Bertz CT molecular complexity index is 561. The van der Waals surface area contributed by atoms with E-state index in [2.05, 4.69) is 4.98 Å². The number of nitrogen functional groups attached to an aromatic ring is 1. The molecule has 2 bridgehead atoms. The van der Waals surface area contributed by atoms with Gasteiger partial charge in [-0.25, -0.2) is 4.79 Å². The maximum Gasteiger partial charge on any atom is 0.351 e. The van der Waals surface area contributed by atoms with Gasteiger partial charge >= 0.3 is 5.69 Å². The van der Waals surface area contributed by atoms with Crippen LogP contribution in [0.25, 0.3) is 0 Å². The van der Waals surface area contributed by atoms with Crippen molar-refractivity contribution in [2.75, 3.05) is 12.3 Å². The highest BCUT2D eigenvalue weighted by Gasteiger charge is 2.58. The van der Waals surface area contributed by atoms with E-state index in [1.54, 1.807) is 19.2 Å². The Morgan fingerprint density at radius 2 is 2.56 bits per heavy atom. The molecule has 6 heteroatoms. The van der Waals surface area contributed by atoms with Crippen molar-refractivity contribution >= 4 is 5.82 Å². The molecular formula is C12H17N3O3. The number of rotatable bonds is 2. The molecule has 2 fully saturated rings. The zero-order valence-corrected chi connectivity index (χ0v) is 10.4. The first kappa shape index (κ1) is 10.5. The molecule has 2 saturated heterocycles. The summed E-state index contributed by atoms with van der Waals surface area (Å²) in [6, 6.07) is 1.55. The average molecular weight is 252 g/mol. The lowest BCUT2D eigenvalue weighted by Crippen LogP contribution is -2.39. The van der Waals surface area contributed by atoms with Crippen molar-refractivity contribution in [1.82, 2.24) is 9.55 Å². The SMILES string of the molecule is [2H]C(C)[C@@]12CO[C@@H]([C@H](n3ccc(N)nc3=O)O1)[C@@H]2C. The van der Waals surface area contributed by atoms with Crippen LogP contribution in [0.15, 0.2) is 17.1 Å². The summed E-state index contributed by atoms with van der Waals surface area (Å²) >= 11 is 0. The van der Waals surface area contributed by atoms with E-state index in [1.165, 1.54) is 4.57 Å². The number of nitrogens with two attached hydrogens (primary N) is 1. The van der Waals surface area contributed by atoms with Gasteiger partial charge in [-0.15, -0.1) is 0 Å². The van der Waals surface area contributed by atoms with Crippen molar-refractivity contribution in [2.45, 2.75) is 38.2 Å². The molecular weight excluding hydrogens is 234 g/mol. The van der Waals surface area contributed by atoms with Gasteiger partial charge in [-0.05, 0) is 12.5 Å². The zero-order chi connectivity index (χ0) is 13.8. The van der Waals surface area contributed by atoms with E-state index >= 15 is 0 Å². The monoisotopic (exact) mass is 252 g/mol. The fraction of sp³-hybridized carbons (Fsp3) is 0.667. The number of fused-ring (bicyclic) bond motifs is 2. The van der Waals surface area contributed by atoms with Crippen LogP contribution in [0.3, 0.4) is 0 Å². The summed E-state index contributed by atoms with van der Waals surface area (Å²) in [6.45, 7) is 4.18. The topological polar surface area (TPSA) is 79.4 Å². The highest BCUT2D eigenvalue weighted by molar-refractivity contribution is 5.23. The largest absolute Gasteiger partial charge is 0.383 e. The Morgan fingerprint density at radius 1 is 1.78 bits per heavy atom.